The number of piperidine rings is 1. The molecule has 172 valence electrons. The number of carboxylic acid groups (broad SMARTS) is 1. The van der Waals surface area contributed by atoms with E-state index < -0.39 is 17.6 Å². The van der Waals surface area contributed by atoms with Crippen molar-refractivity contribution in [1.29, 1.82) is 0 Å². The Morgan fingerprint density at radius 2 is 1.81 bits per heavy atom. The van der Waals surface area contributed by atoms with Crippen LogP contribution in [-0.4, -0.2) is 58.4 Å². The van der Waals surface area contributed by atoms with Crippen LogP contribution >= 0.6 is 0 Å². The number of benzene rings is 1. The zero-order chi connectivity index (χ0) is 22.8. The standard InChI is InChI=1S/C23H26F3N3O3/c24-23(25,26)22(8-1-9-22)15-29-10-6-16(7-11-29)14-32-20-13-27-19(12-28-20)17-2-4-18(5-3-17)21(30)31/h2-5,12-13,16H,1,6-11,14-15H2,(H,30,31). The van der Waals surface area contributed by atoms with Gasteiger partial charge in [0.25, 0.3) is 0 Å². The average Bonchev–Trinajstić information content (AvgIpc) is 2.75. The van der Waals surface area contributed by atoms with Crippen molar-refractivity contribution in [1.82, 2.24) is 14.9 Å². The van der Waals surface area contributed by atoms with Crippen LogP contribution in [0.2, 0.25) is 0 Å². The number of nitrogens with zero attached hydrogens (tertiary/aromatic N) is 3. The summed E-state index contributed by atoms with van der Waals surface area (Å²) in [5.74, 6) is -0.316. The van der Waals surface area contributed by atoms with Gasteiger partial charge in [0.15, 0.2) is 0 Å². The maximum Gasteiger partial charge on any atom is 0.395 e. The Kier molecular flexibility index (Phi) is 6.37. The lowest BCUT2D eigenvalue weighted by Crippen LogP contribution is -2.53. The quantitative estimate of drug-likeness (QED) is 0.662. The van der Waals surface area contributed by atoms with Crippen molar-refractivity contribution >= 4 is 5.97 Å². The minimum Gasteiger partial charge on any atom is -0.478 e. The summed E-state index contributed by atoms with van der Waals surface area (Å²) in [4.78, 5) is 21.5. The molecule has 0 amide bonds. The second-order valence-electron chi connectivity index (χ2n) is 8.78. The van der Waals surface area contributed by atoms with Crippen molar-refractivity contribution in [2.75, 3.05) is 26.2 Å². The van der Waals surface area contributed by atoms with Gasteiger partial charge < -0.3 is 14.7 Å². The molecule has 2 heterocycles. The first-order chi connectivity index (χ1) is 15.3. The van der Waals surface area contributed by atoms with E-state index in [1.165, 1.54) is 18.3 Å². The van der Waals surface area contributed by atoms with Crippen molar-refractivity contribution in [3.63, 3.8) is 0 Å². The molecule has 6 nitrogen and oxygen atoms in total. The van der Waals surface area contributed by atoms with Gasteiger partial charge in [0.2, 0.25) is 5.88 Å². The Balaban J connectivity index is 1.24. The van der Waals surface area contributed by atoms with Crippen LogP contribution in [0.5, 0.6) is 5.88 Å². The summed E-state index contributed by atoms with van der Waals surface area (Å²) in [6, 6.07) is 6.37. The Labute approximate surface area is 184 Å². The highest BCUT2D eigenvalue weighted by Crippen LogP contribution is 2.53. The van der Waals surface area contributed by atoms with E-state index in [1.54, 1.807) is 18.3 Å². The Hall–Kier alpha value is -2.68. The summed E-state index contributed by atoms with van der Waals surface area (Å²) in [5.41, 5.74) is 0.0670. The number of aromatic nitrogens is 2. The first kappa shape index (κ1) is 22.5. The molecule has 9 heteroatoms. The van der Waals surface area contributed by atoms with Crippen LogP contribution in [-0.2, 0) is 0 Å². The molecule has 0 atom stereocenters. The van der Waals surface area contributed by atoms with Gasteiger partial charge in [0.1, 0.15) is 0 Å². The lowest BCUT2D eigenvalue weighted by molar-refractivity contribution is -0.256. The Morgan fingerprint density at radius 1 is 1.12 bits per heavy atom. The zero-order valence-electron chi connectivity index (χ0n) is 17.6. The molecule has 2 aliphatic rings. The van der Waals surface area contributed by atoms with Gasteiger partial charge in [-0.3, -0.25) is 0 Å². The molecule has 32 heavy (non-hydrogen) atoms. The highest BCUT2D eigenvalue weighted by molar-refractivity contribution is 5.88. The summed E-state index contributed by atoms with van der Waals surface area (Å²) in [5, 5.41) is 8.97. The first-order valence-corrected chi connectivity index (χ1v) is 10.8. The van der Waals surface area contributed by atoms with Crippen LogP contribution < -0.4 is 4.74 Å². The van der Waals surface area contributed by atoms with Crippen LogP contribution in [0.25, 0.3) is 11.3 Å². The van der Waals surface area contributed by atoms with Crippen molar-refractivity contribution in [2.24, 2.45) is 11.3 Å². The summed E-state index contributed by atoms with van der Waals surface area (Å²) in [7, 11) is 0. The number of carboxylic acids is 1. The van der Waals surface area contributed by atoms with Gasteiger partial charge in [-0.05, 0) is 56.8 Å². The van der Waals surface area contributed by atoms with Gasteiger partial charge in [-0.25, -0.2) is 14.8 Å². The molecule has 1 aliphatic carbocycles. The molecular weight excluding hydrogens is 423 g/mol. The molecule has 4 rings (SSSR count). The van der Waals surface area contributed by atoms with E-state index >= 15 is 0 Å². The van der Waals surface area contributed by atoms with E-state index in [1.807, 2.05) is 4.90 Å². The lowest BCUT2D eigenvalue weighted by atomic mass is 9.67. The molecule has 2 fully saturated rings. The van der Waals surface area contributed by atoms with Gasteiger partial charge in [-0.1, -0.05) is 18.6 Å². The lowest BCUT2D eigenvalue weighted by Gasteiger charge is -2.47. The zero-order valence-corrected chi connectivity index (χ0v) is 17.6. The minimum atomic E-state index is -4.12. The number of aromatic carboxylic acids is 1. The van der Waals surface area contributed by atoms with Crippen molar-refractivity contribution < 1.29 is 27.8 Å². The topological polar surface area (TPSA) is 75.6 Å². The summed E-state index contributed by atoms with van der Waals surface area (Å²) >= 11 is 0. The number of ether oxygens (including phenoxy) is 1. The predicted octanol–water partition coefficient (Wildman–Crippen LogP) is 4.67. The Morgan fingerprint density at radius 3 is 2.31 bits per heavy atom. The molecule has 1 saturated carbocycles. The molecule has 1 saturated heterocycles. The van der Waals surface area contributed by atoms with Crippen LogP contribution in [0, 0.1) is 11.3 Å². The summed E-state index contributed by atoms with van der Waals surface area (Å²) in [6.07, 6.45) is 1.74. The maximum atomic E-state index is 13.4. The fourth-order valence-corrected chi connectivity index (χ4v) is 4.40. The number of hydrogen-bond acceptors (Lipinski definition) is 5. The molecule has 2 aromatic rings. The number of rotatable bonds is 7. The van der Waals surface area contributed by atoms with E-state index in [2.05, 4.69) is 9.97 Å². The Bertz CT molecular complexity index is 920. The third-order valence-corrected chi connectivity index (χ3v) is 6.67. The second kappa shape index (κ2) is 9.05. The van der Waals surface area contributed by atoms with E-state index in [4.69, 9.17) is 9.84 Å². The number of hydrogen-bond donors (Lipinski definition) is 1. The molecule has 0 bridgehead atoms. The van der Waals surface area contributed by atoms with Gasteiger partial charge in [-0.2, -0.15) is 13.2 Å². The minimum absolute atomic E-state index is 0.116. The third kappa shape index (κ3) is 4.87. The highest BCUT2D eigenvalue weighted by atomic mass is 19.4. The summed E-state index contributed by atoms with van der Waals surface area (Å²) in [6.45, 7) is 1.88. The molecule has 1 aromatic heterocycles. The van der Waals surface area contributed by atoms with Gasteiger partial charge in [-0.15, -0.1) is 0 Å². The van der Waals surface area contributed by atoms with E-state index in [0.29, 0.717) is 37.7 Å². The molecule has 0 spiro atoms. The van der Waals surface area contributed by atoms with Gasteiger partial charge in [0, 0.05) is 12.1 Å². The fraction of sp³-hybridized carbons (Fsp3) is 0.522. The fourth-order valence-electron chi connectivity index (χ4n) is 4.40. The number of halogens is 3. The number of alkyl halides is 3. The summed E-state index contributed by atoms with van der Waals surface area (Å²) < 4.78 is 46.0. The van der Waals surface area contributed by atoms with Crippen LogP contribution in [0.3, 0.4) is 0 Å². The number of likely N-dealkylation sites (tertiary alicyclic amines) is 1. The molecule has 1 N–H and O–H groups in total. The van der Waals surface area contributed by atoms with Crippen LogP contribution in [0.4, 0.5) is 13.2 Å². The van der Waals surface area contributed by atoms with Crippen molar-refractivity contribution in [2.45, 2.75) is 38.3 Å². The highest BCUT2D eigenvalue weighted by Gasteiger charge is 2.58. The van der Waals surface area contributed by atoms with Crippen LogP contribution in [0.15, 0.2) is 36.7 Å². The average molecular weight is 449 g/mol. The smallest absolute Gasteiger partial charge is 0.395 e. The molecular formula is C23H26F3N3O3. The molecule has 0 unspecified atom stereocenters. The van der Waals surface area contributed by atoms with Gasteiger partial charge >= 0.3 is 12.1 Å². The maximum absolute atomic E-state index is 13.4. The SMILES string of the molecule is O=C(O)c1ccc(-c2cnc(OCC3CCN(CC4(C(F)(F)F)CCC4)CC3)cn2)cc1. The molecule has 1 aliphatic heterocycles. The number of carbonyl (C=O) groups is 1. The largest absolute Gasteiger partial charge is 0.478 e. The van der Waals surface area contributed by atoms with E-state index in [-0.39, 0.29) is 30.9 Å². The second-order valence-corrected chi connectivity index (χ2v) is 8.78. The predicted molar refractivity (Wildman–Crippen MR) is 111 cm³/mol. The van der Waals surface area contributed by atoms with Crippen LogP contribution in [0.1, 0.15) is 42.5 Å². The first-order valence-electron chi connectivity index (χ1n) is 10.8. The normalized spacial score (nSPS) is 19.3. The van der Waals surface area contributed by atoms with Crippen molar-refractivity contribution in [3.8, 4) is 17.1 Å². The molecule has 0 radical (unpaired) electrons. The van der Waals surface area contributed by atoms with E-state index in [0.717, 1.165) is 18.4 Å². The van der Waals surface area contributed by atoms with E-state index in [9.17, 15) is 18.0 Å². The molecule has 1 aromatic carbocycles. The monoisotopic (exact) mass is 449 g/mol. The van der Waals surface area contributed by atoms with Gasteiger partial charge in [0.05, 0.1) is 35.7 Å². The van der Waals surface area contributed by atoms with Crippen molar-refractivity contribution in [3.05, 3.63) is 42.2 Å². The third-order valence-electron chi connectivity index (χ3n) is 6.67.